The molecular weight excluding hydrogens is 324 g/mol. The maximum Gasteiger partial charge on any atom is 0.320 e. The van der Waals surface area contributed by atoms with Crippen molar-refractivity contribution in [1.82, 2.24) is 10.5 Å². The van der Waals surface area contributed by atoms with Crippen LogP contribution in [0.5, 0.6) is 0 Å². The molecule has 2 atom stereocenters. The summed E-state index contributed by atoms with van der Waals surface area (Å²) in [7, 11) is 0. The van der Waals surface area contributed by atoms with Crippen molar-refractivity contribution < 1.29 is 24.3 Å². The van der Waals surface area contributed by atoms with Crippen LogP contribution in [0.2, 0.25) is 0 Å². The number of benzene rings is 1. The first-order valence-electron chi connectivity index (χ1n) is 8.09. The summed E-state index contributed by atoms with van der Waals surface area (Å²) in [6.45, 7) is 3.78. The Kier molecular flexibility index (Phi) is 6.30. The average molecular weight is 346 g/mol. The summed E-state index contributed by atoms with van der Waals surface area (Å²) in [5, 5.41) is 25.4. The maximum absolute atomic E-state index is 11.6. The molecule has 0 bridgehead atoms. The molecule has 7 heteroatoms. The van der Waals surface area contributed by atoms with Crippen LogP contribution in [0.3, 0.4) is 0 Å². The summed E-state index contributed by atoms with van der Waals surface area (Å²) in [4.78, 5) is 22.9. The van der Waals surface area contributed by atoms with Gasteiger partial charge in [0.25, 0.3) is 0 Å². The third-order valence-corrected chi connectivity index (χ3v) is 3.82. The first-order chi connectivity index (χ1) is 11.9. The highest BCUT2D eigenvalue weighted by molar-refractivity contribution is 5.77. The van der Waals surface area contributed by atoms with E-state index in [9.17, 15) is 19.8 Å². The Balaban J connectivity index is 2.12. The van der Waals surface area contributed by atoms with Crippen LogP contribution in [0, 0.1) is 5.92 Å². The van der Waals surface area contributed by atoms with Crippen LogP contribution >= 0.6 is 0 Å². The zero-order valence-corrected chi connectivity index (χ0v) is 14.2. The fourth-order valence-electron chi connectivity index (χ4n) is 2.51. The van der Waals surface area contributed by atoms with Crippen molar-refractivity contribution in [2.24, 2.45) is 5.92 Å². The topological polar surface area (TPSA) is 113 Å². The van der Waals surface area contributed by atoms with Crippen LogP contribution in [0.15, 0.2) is 40.9 Å². The molecular formula is C18H22N2O5. The number of carboxylic acids is 2. The second kappa shape index (κ2) is 8.43. The van der Waals surface area contributed by atoms with Crippen LogP contribution in [0.25, 0.3) is 11.3 Å². The number of carboxylic acid groups (broad SMARTS) is 2. The summed E-state index contributed by atoms with van der Waals surface area (Å²) in [5.74, 6) is -2.43. The molecule has 0 fully saturated rings. The van der Waals surface area contributed by atoms with E-state index in [1.54, 1.807) is 6.07 Å². The third kappa shape index (κ3) is 5.15. The third-order valence-electron chi connectivity index (χ3n) is 3.82. The average Bonchev–Trinajstić information content (AvgIpc) is 3.03. The lowest BCUT2D eigenvalue weighted by atomic mass is 10.0. The Morgan fingerprint density at radius 3 is 2.40 bits per heavy atom. The minimum Gasteiger partial charge on any atom is -0.481 e. The summed E-state index contributed by atoms with van der Waals surface area (Å²) in [6.07, 6.45) is 0.412. The van der Waals surface area contributed by atoms with Gasteiger partial charge in [-0.2, -0.15) is 0 Å². The molecule has 0 radical (unpaired) electrons. The molecule has 0 spiro atoms. The Bertz CT molecular complexity index is 711. The first kappa shape index (κ1) is 18.7. The summed E-state index contributed by atoms with van der Waals surface area (Å²) in [6, 6.07) is 10.00. The molecule has 25 heavy (non-hydrogen) atoms. The van der Waals surface area contributed by atoms with Crippen molar-refractivity contribution in [1.29, 1.82) is 0 Å². The predicted octanol–water partition coefficient (Wildman–Crippen LogP) is 2.60. The quantitative estimate of drug-likeness (QED) is 0.639. The van der Waals surface area contributed by atoms with Gasteiger partial charge in [-0.15, -0.1) is 0 Å². The molecule has 3 N–H and O–H groups in total. The van der Waals surface area contributed by atoms with Gasteiger partial charge in [-0.3, -0.25) is 9.59 Å². The minimum atomic E-state index is -1.09. The van der Waals surface area contributed by atoms with E-state index in [1.807, 2.05) is 44.2 Å². The second-order valence-electron chi connectivity index (χ2n) is 6.30. The number of hydrogen-bond donors (Lipinski definition) is 3. The fourth-order valence-corrected chi connectivity index (χ4v) is 2.51. The molecule has 0 saturated heterocycles. The highest BCUT2D eigenvalue weighted by atomic mass is 16.5. The van der Waals surface area contributed by atoms with Crippen LogP contribution < -0.4 is 5.32 Å². The molecule has 7 nitrogen and oxygen atoms in total. The number of rotatable bonds is 9. The van der Waals surface area contributed by atoms with Crippen LogP contribution in [0.1, 0.15) is 31.9 Å². The number of aromatic nitrogens is 1. The van der Waals surface area contributed by atoms with Gasteiger partial charge in [-0.05, 0) is 12.3 Å². The van der Waals surface area contributed by atoms with E-state index < -0.39 is 23.9 Å². The molecule has 1 unspecified atom stereocenters. The molecule has 0 aliphatic carbocycles. The van der Waals surface area contributed by atoms with E-state index in [4.69, 9.17) is 4.52 Å². The molecule has 0 saturated carbocycles. The molecule has 1 aromatic heterocycles. The Morgan fingerprint density at radius 1 is 1.16 bits per heavy atom. The minimum absolute atomic E-state index is 0.0419. The number of hydrogen-bond acceptors (Lipinski definition) is 5. The van der Waals surface area contributed by atoms with Gasteiger partial charge >= 0.3 is 11.9 Å². The van der Waals surface area contributed by atoms with Gasteiger partial charge in [0.2, 0.25) is 0 Å². The fraction of sp³-hybridized carbons (Fsp3) is 0.389. The van der Waals surface area contributed by atoms with E-state index >= 15 is 0 Å². The zero-order chi connectivity index (χ0) is 18.4. The van der Waals surface area contributed by atoms with Gasteiger partial charge in [0, 0.05) is 18.2 Å². The Hall–Kier alpha value is -2.67. The molecule has 0 amide bonds. The molecule has 0 aliphatic heterocycles. The van der Waals surface area contributed by atoms with Gasteiger partial charge in [-0.25, -0.2) is 0 Å². The largest absolute Gasteiger partial charge is 0.481 e. The lowest BCUT2D eigenvalue weighted by Crippen LogP contribution is -2.41. The van der Waals surface area contributed by atoms with E-state index in [0.29, 0.717) is 12.2 Å². The maximum atomic E-state index is 11.6. The Morgan fingerprint density at radius 2 is 1.84 bits per heavy atom. The molecule has 134 valence electrons. The molecule has 2 rings (SSSR count). The number of carbonyl (C=O) groups is 2. The molecule has 0 aliphatic rings. The highest BCUT2D eigenvalue weighted by Gasteiger charge is 2.27. The molecule has 2 aromatic rings. The smallest absolute Gasteiger partial charge is 0.320 e. The van der Waals surface area contributed by atoms with Crippen molar-refractivity contribution in [3.63, 3.8) is 0 Å². The second-order valence-corrected chi connectivity index (χ2v) is 6.30. The molecule has 1 heterocycles. The highest BCUT2D eigenvalue weighted by Crippen LogP contribution is 2.24. The lowest BCUT2D eigenvalue weighted by molar-refractivity contribution is -0.142. The van der Waals surface area contributed by atoms with E-state index in [2.05, 4.69) is 10.5 Å². The van der Waals surface area contributed by atoms with Crippen molar-refractivity contribution >= 4 is 11.9 Å². The number of nitrogens with one attached hydrogen (secondary N) is 1. The van der Waals surface area contributed by atoms with Crippen molar-refractivity contribution in [3.8, 4) is 11.3 Å². The van der Waals surface area contributed by atoms with Gasteiger partial charge in [0.15, 0.2) is 5.76 Å². The van der Waals surface area contributed by atoms with Crippen LogP contribution in [-0.4, -0.2) is 39.9 Å². The van der Waals surface area contributed by atoms with Gasteiger partial charge in [0.1, 0.15) is 12.0 Å². The first-order valence-corrected chi connectivity index (χ1v) is 8.09. The van der Waals surface area contributed by atoms with Crippen molar-refractivity contribution in [3.05, 3.63) is 42.1 Å². The van der Waals surface area contributed by atoms with E-state index in [0.717, 1.165) is 5.56 Å². The van der Waals surface area contributed by atoms with Crippen LogP contribution in [-0.2, 0) is 9.59 Å². The molecule has 1 aromatic carbocycles. The normalized spacial score (nSPS) is 13.6. The van der Waals surface area contributed by atoms with E-state index in [-0.39, 0.29) is 18.2 Å². The number of aliphatic carboxylic acids is 2. The van der Waals surface area contributed by atoms with Crippen LogP contribution in [0.4, 0.5) is 0 Å². The lowest BCUT2D eigenvalue weighted by Gasteiger charge is -2.18. The summed E-state index contributed by atoms with van der Waals surface area (Å²) < 4.78 is 5.24. The monoisotopic (exact) mass is 346 g/mol. The number of nitrogens with zero attached hydrogens (tertiary/aromatic N) is 1. The SMILES string of the molecule is CC(C)C[C@H](NCC(C(=O)O)c1cc(-c2ccccc2)on1)C(=O)O. The predicted molar refractivity (Wildman–Crippen MR) is 91.2 cm³/mol. The van der Waals surface area contributed by atoms with E-state index in [1.165, 1.54) is 0 Å². The zero-order valence-electron chi connectivity index (χ0n) is 14.2. The standard InChI is InChI=1S/C18H22N2O5/c1-11(2)8-15(18(23)24)19-10-13(17(21)22)14-9-16(25-20-14)12-6-4-3-5-7-12/h3-7,9,11,13,15,19H,8,10H2,1-2H3,(H,21,22)(H,23,24)/t13?,15-/m0/s1. The van der Waals surface area contributed by atoms with Gasteiger partial charge in [-0.1, -0.05) is 49.3 Å². The summed E-state index contributed by atoms with van der Waals surface area (Å²) in [5.41, 5.74) is 1.05. The van der Waals surface area contributed by atoms with Crippen molar-refractivity contribution in [2.75, 3.05) is 6.54 Å². The van der Waals surface area contributed by atoms with Gasteiger partial charge < -0.3 is 20.1 Å². The summed E-state index contributed by atoms with van der Waals surface area (Å²) >= 11 is 0. The van der Waals surface area contributed by atoms with Gasteiger partial charge in [0.05, 0.1) is 5.69 Å². The Labute approximate surface area is 145 Å². The van der Waals surface area contributed by atoms with Crippen molar-refractivity contribution in [2.45, 2.75) is 32.2 Å².